The predicted octanol–water partition coefficient (Wildman–Crippen LogP) is 3.75. The van der Waals surface area contributed by atoms with Crippen molar-refractivity contribution in [2.24, 2.45) is 11.8 Å². The molecule has 2 fully saturated rings. The maximum absolute atomic E-state index is 12.6. The van der Waals surface area contributed by atoms with Gasteiger partial charge in [-0.15, -0.1) is 12.4 Å². The first kappa shape index (κ1) is 20.1. The Bertz CT molecular complexity index is 529. The van der Waals surface area contributed by atoms with Gasteiger partial charge in [0.15, 0.2) is 0 Å². The van der Waals surface area contributed by atoms with Crippen molar-refractivity contribution in [1.82, 2.24) is 10.2 Å². The minimum atomic E-state index is 0. The second-order valence-corrected chi connectivity index (χ2v) is 7.30. The molecule has 0 spiro atoms. The zero-order valence-electron chi connectivity index (χ0n) is 15.2. The Morgan fingerprint density at radius 2 is 1.84 bits per heavy atom. The van der Waals surface area contributed by atoms with E-state index >= 15 is 0 Å². The monoisotopic (exact) mass is 366 g/mol. The van der Waals surface area contributed by atoms with Crippen molar-refractivity contribution in [2.75, 3.05) is 33.3 Å². The van der Waals surface area contributed by atoms with E-state index < -0.39 is 0 Å². The molecule has 1 aliphatic carbocycles. The number of benzene rings is 1. The number of nitrogens with one attached hydrogen (secondary N) is 1. The normalized spacial score (nSPS) is 21.0. The molecule has 1 saturated heterocycles. The molecule has 0 radical (unpaired) electrons. The summed E-state index contributed by atoms with van der Waals surface area (Å²) in [5.74, 6) is 2.31. The summed E-state index contributed by atoms with van der Waals surface area (Å²) in [7, 11) is 1.97. The number of hydrogen-bond donors (Lipinski definition) is 1. The Morgan fingerprint density at radius 3 is 2.52 bits per heavy atom. The fourth-order valence-corrected chi connectivity index (χ4v) is 3.92. The molecule has 140 valence electrons. The molecule has 1 aliphatic heterocycles. The Hall–Kier alpha value is -1.26. The average Bonchev–Trinajstić information content (AvgIpc) is 3.10. The van der Waals surface area contributed by atoms with E-state index in [1.807, 2.05) is 36.2 Å². The molecule has 1 aromatic rings. The van der Waals surface area contributed by atoms with Crippen LogP contribution in [0.2, 0.25) is 0 Å². The van der Waals surface area contributed by atoms with E-state index in [1.165, 1.54) is 32.1 Å². The van der Waals surface area contributed by atoms with Crippen LogP contribution in [0.1, 0.15) is 48.9 Å². The molecule has 4 nitrogen and oxygen atoms in total. The fourth-order valence-electron chi connectivity index (χ4n) is 3.92. The van der Waals surface area contributed by atoms with Crippen LogP contribution < -0.4 is 10.1 Å². The summed E-state index contributed by atoms with van der Waals surface area (Å²) >= 11 is 0. The van der Waals surface area contributed by atoms with Gasteiger partial charge in [0.25, 0.3) is 5.91 Å². The van der Waals surface area contributed by atoms with Gasteiger partial charge in [-0.3, -0.25) is 4.79 Å². The standard InChI is InChI=1S/C20H30N2O2.ClH/c1-21-13-17-11-12-22(14-17)20(23)18-7-9-19(10-8-18)24-15-16-5-3-2-4-6-16;/h7-10,16-17,21H,2-6,11-15H2,1H3;1H. The van der Waals surface area contributed by atoms with Gasteiger partial charge in [-0.2, -0.15) is 0 Å². The van der Waals surface area contributed by atoms with Crippen LogP contribution in [-0.2, 0) is 0 Å². The van der Waals surface area contributed by atoms with Gasteiger partial charge in [-0.05, 0) is 69.0 Å². The van der Waals surface area contributed by atoms with Crippen molar-refractivity contribution in [1.29, 1.82) is 0 Å². The summed E-state index contributed by atoms with van der Waals surface area (Å²) in [6.45, 7) is 3.52. The van der Waals surface area contributed by atoms with E-state index in [-0.39, 0.29) is 18.3 Å². The fraction of sp³-hybridized carbons (Fsp3) is 0.650. The van der Waals surface area contributed by atoms with Crippen molar-refractivity contribution in [3.63, 3.8) is 0 Å². The third-order valence-electron chi connectivity index (χ3n) is 5.38. The first-order valence-corrected chi connectivity index (χ1v) is 9.43. The molecule has 5 heteroatoms. The van der Waals surface area contributed by atoms with Crippen molar-refractivity contribution >= 4 is 18.3 Å². The van der Waals surface area contributed by atoms with Gasteiger partial charge in [-0.25, -0.2) is 0 Å². The van der Waals surface area contributed by atoms with Gasteiger partial charge < -0.3 is 15.0 Å². The molecule has 1 atom stereocenters. The van der Waals surface area contributed by atoms with Crippen LogP contribution in [0.25, 0.3) is 0 Å². The smallest absolute Gasteiger partial charge is 0.253 e. The van der Waals surface area contributed by atoms with Gasteiger partial charge in [-0.1, -0.05) is 19.3 Å². The molecule has 0 aromatic heterocycles. The zero-order valence-corrected chi connectivity index (χ0v) is 16.0. The molecule has 25 heavy (non-hydrogen) atoms. The number of hydrogen-bond acceptors (Lipinski definition) is 3. The third-order valence-corrected chi connectivity index (χ3v) is 5.38. The Morgan fingerprint density at radius 1 is 1.12 bits per heavy atom. The first-order valence-electron chi connectivity index (χ1n) is 9.43. The van der Waals surface area contributed by atoms with Crippen molar-refractivity contribution < 1.29 is 9.53 Å². The number of ether oxygens (including phenoxy) is 1. The Kier molecular flexibility index (Phi) is 8.04. The molecular weight excluding hydrogens is 336 g/mol. The summed E-state index contributed by atoms with van der Waals surface area (Å²) < 4.78 is 5.92. The van der Waals surface area contributed by atoms with Crippen LogP contribution >= 0.6 is 12.4 Å². The average molecular weight is 367 g/mol. The lowest BCUT2D eigenvalue weighted by Gasteiger charge is -2.21. The molecule has 1 unspecified atom stereocenters. The zero-order chi connectivity index (χ0) is 16.8. The quantitative estimate of drug-likeness (QED) is 0.833. The largest absolute Gasteiger partial charge is 0.493 e. The molecule has 1 amide bonds. The van der Waals surface area contributed by atoms with Crippen LogP contribution in [0, 0.1) is 11.8 Å². The summed E-state index contributed by atoms with van der Waals surface area (Å²) in [6, 6.07) is 7.70. The van der Waals surface area contributed by atoms with E-state index in [0.29, 0.717) is 11.8 Å². The van der Waals surface area contributed by atoms with Gasteiger partial charge in [0, 0.05) is 18.7 Å². The van der Waals surface area contributed by atoms with Crippen molar-refractivity contribution in [3.05, 3.63) is 29.8 Å². The molecule has 1 aromatic carbocycles. The Labute approximate surface area is 157 Å². The minimum absolute atomic E-state index is 0. The summed E-state index contributed by atoms with van der Waals surface area (Å²) in [5.41, 5.74) is 0.769. The lowest BCUT2D eigenvalue weighted by atomic mass is 9.90. The molecular formula is C20H31ClN2O2. The summed E-state index contributed by atoms with van der Waals surface area (Å²) in [6.07, 6.45) is 7.73. The number of carbonyl (C=O) groups is 1. The van der Waals surface area contributed by atoms with Gasteiger partial charge in [0.1, 0.15) is 5.75 Å². The summed E-state index contributed by atoms with van der Waals surface area (Å²) in [5, 5.41) is 3.20. The lowest BCUT2D eigenvalue weighted by Crippen LogP contribution is -2.30. The number of nitrogens with zero attached hydrogens (tertiary/aromatic N) is 1. The lowest BCUT2D eigenvalue weighted by molar-refractivity contribution is 0.0787. The highest BCUT2D eigenvalue weighted by Gasteiger charge is 2.26. The molecule has 0 bridgehead atoms. The van der Waals surface area contributed by atoms with E-state index in [9.17, 15) is 4.79 Å². The predicted molar refractivity (Wildman–Crippen MR) is 104 cm³/mol. The highest BCUT2D eigenvalue weighted by atomic mass is 35.5. The number of likely N-dealkylation sites (tertiary alicyclic amines) is 1. The van der Waals surface area contributed by atoms with E-state index in [1.54, 1.807) is 0 Å². The molecule has 1 saturated carbocycles. The van der Waals surface area contributed by atoms with Crippen LogP contribution in [0.5, 0.6) is 5.75 Å². The second kappa shape index (κ2) is 10.0. The van der Waals surface area contributed by atoms with Crippen LogP contribution in [0.15, 0.2) is 24.3 Å². The summed E-state index contributed by atoms with van der Waals surface area (Å²) in [4.78, 5) is 14.6. The second-order valence-electron chi connectivity index (χ2n) is 7.30. The maximum atomic E-state index is 12.6. The Balaban J connectivity index is 0.00000225. The number of rotatable bonds is 6. The van der Waals surface area contributed by atoms with Gasteiger partial charge in [0.05, 0.1) is 6.61 Å². The van der Waals surface area contributed by atoms with Crippen LogP contribution in [0.4, 0.5) is 0 Å². The molecule has 1 heterocycles. The number of carbonyl (C=O) groups excluding carboxylic acids is 1. The third kappa shape index (κ3) is 5.61. The highest BCUT2D eigenvalue weighted by molar-refractivity contribution is 5.94. The van der Waals surface area contributed by atoms with Crippen LogP contribution in [-0.4, -0.2) is 44.1 Å². The van der Waals surface area contributed by atoms with E-state index in [2.05, 4.69) is 5.32 Å². The molecule has 3 rings (SSSR count). The molecule has 1 N–H and O–H groups in total. The van der Waals surface area contributed by atoms with Crippen molar-refractivity contribution in [2.45, 2.75) is 38.5 Å². The van der Waals surface area contributed by atoms with E-state index in [0.717, 1.165) is 44.0 Å². The highest BCUT2D eigenvalue weighted by Crippen LogP contribution is 2.25. The van der Waals surface area contributed by atoms with E-state index in [4.69, 9.17) is 4.74 Å². The number of halogens is 1. The molecule has 2 aliphatic rings. The maximum Gasteiger partial charge on any atom is 0.253 e. The SMILES string of the molecule is CNCC1CCN(C(=O)c2ccc(OCC3CCCCC3)cc2)C1.Cl. The van der Waals surface area contributed by atoms with Crippen molar-refractivity contribution in [3.8, 4) is 5.75 Å². The van der Waals surface area contributed by atoms with Crippen LogP contribution in [0.3, 0.4) is 0 Å². The van der Waals surface area contributed by atoms with Gasteiger partial charge >= 0.3 is 0 Å². The first-order chi connectivity index (χ1) is 11.8. The number of amides is 1. The van der Waals surface area contributed by atoms with Gasteiger partial charge in [0.2, 0.25) is 0 Å². The minimum Gasteiger partial charge on any atom is -0.493 e. The topological polar surface area (TPSA) is 41.6 Å².